The molecule has 0 saturated carbocycles. The van der Waals surface area contributed by atoms with Crippen LogP contribution in [0.25, 0.3) is 11.2 Å². The first-order valence-electron chi connectivity index (χ1n) is 9.28. The molecule has 0 spiro atoms. The molecule has 0 unspecified atom stereocenters. The number of fused-ring (bicyclic) bond motifs is 1. The maximum absolute atomic E-state index is 12.6. The smallest absolute Gasteiger partial charge is 0.270 e. The number of hydrogen-bond acceptors (Lipinski definition) is 7. The van der Waals surface area contributed by atoms with Crippen molar-refractivity contribution in [2.75, 3.05) is 5.75 Å². The van der Waals surface area contributed by atoms with Crippen molar-refractivity contribution in [3.63, 3.8) is 0 Å². The van der Waals surface area contributed by atoms with Crippen molar-refractivity contribution in [2.45, 2.75) is 35.1 Å². The largest absolute Gasteiger partial charge is 0.285 e. The van der Waals surface area contributed by atoms with Gasteiger partial charge in [0.1, 0.15) is 15.6 Å². The topological polar surface area (TPSA) is 73.6 Å². The van der Waals surface area contributed by atoms with Gasteiger partial charge in [0, 0.05) is 11.9 Å². The molecular formula is C21H19N5OS2. The Morgan fingerprint density at radius 1 is 1.00 bits per heavy atom. The average Bonchev–Trinajstić information content (AvgIpc) is 2.76. The molecule has 3 heterocycles. The van der Waals surface area contributed by atoms with Crippen molar-refractivity contribution in [1.82, 2.24) is 24.5 Å². The second-order valence-electron chi connectivity index (χ2n) is 6.27. The number of rotatable bonds is 7. The first kappa shape index (κ1) is 19.6. The first-order valence-corrected chi connectivity index (χ1v) is 11.1. The second-order valence-corrected chi connectivity index (χ2v) is 8.34. The Morgan fingerprint density at radius 3 is 2.59 bits per heavy atom. The van der Waals surface area contributed by atoms with Gasteiger partial charge in [-0.25, -0.2) is 19.9 Å². The zero-order valence-corrected chi connectivity index (χ0v) is 17.5. The van der Waals surface area contributed by atoms with E-state index in [2.05, 4.69) is 16.9 Å². The van der Waals surface area contributed by atoms with E-state index in [1.807, 2.05) is 48.5 Å². The minimum absolute atomic E-state index is 0.180. The zero-order chi connectivity index (χ0) is 20.1. The monoisotopic (exact) mass is 421 g/mol. The lowest BCUT2D eigenvalue weighted by atomic mass is 10.2. The second kappa shape index (κ2) is 9.19. The number of pyridine rings is 1. The van der Waals surface area contributed by atoms with E-state index in [-0.39, 0.29) is 5.56 Å². The van der Waals surface area contributed by atoms with Crippen LogP contribution in [0.2, 0.25) is 0 Å². The Labute approximate surface area is 176 Å². The molecule has 146 valence electrons. The van der Waals surface area contributed by atoms with Gasteiger partial charge in [-0.05, 0) is 35.9 Å². The van der Waals surface area contributed by atoms with Crippen LogP contribution in [0.1, 0.15) is 18.9 Å². The third-order valence-electron chi connectivity index (χ3n) is 4.10. The highest BCUT2D eigenvalue weighted by Gasteiger charge is 2.16. The Balaban J connectivity index is 1.85. The fourth-order valence-electron chi connectivity index (χ4n) is 2.75. The summed E-state index contributed by atoms with van der Waals surface area (Å²) in [4.78, 5) is 30.8. The van der Waals surface area contributed by atoms with Crippen molar-refractivity contribution in [3.05, 3.63) is 76.8 Å². The first-order chi connectivity index (χ1) is 14.2. The van der Waals surface area contributed by atoms with Crippen LogP contribution in [0.15, 0.2) is 80.9 Å². The molecule has 29 heavy (non-hydrogen) atoms. The molecule has 0 saturated heterocycles. The Hall–Kier alpha value is -2.71. The van der Waals surface area contributed by atoms with Crippen LogP contribution in [-0.2, 0) is 6.54 Å². The highest BCUT2D eigenvalue weighted by molar-refractivity contribution is 7.99. The predicted octanol–water partition coefficient (Wildman–Crippen LogP) is 4.28. The molecule has 8 heteroatoms. The number of nitrogens with zero attached hydrogens (tertiary/aromatic N) is 5. The molecule has 0 amide bonds. The van der Waals surface area contributed by atoms with E-state index < -0.39 is 0 Å². The van der Waals surface area contributed by atoms with Gasteiger partial charge >= 0.3 is 0 Å². The summed E-state index contributed by atoms with van der Waals surface area (Å²) in [5.41, 5.74) is 2.01. The van der Waals surface area contributed by atoms with E-state index in [0.717, 1.165) is 22.8 Å². The molecule has 4 aromatic rings. The lowest BCUT2D eigenvalue weighted by molar-refractivity contribution is 0.754. The maximum Gasteiger partial charge on any atom is 0.270 e. The summed E-state index contributed by atoms with van der Waals surface area (Å²) in [6, 6.07) is 15.6. The van der Waals surface area contributed by atoms with Crippen LogP contribution in [-0.4, -0.2) is 30.3 Å². The van der Waals surface area contributed by atoms with Crippen molar-refractivity contribution < 1.29 is 0 Å². The summed E-state index contributed by atoms with van der Waals surface area (Å²) in [5.74, 6) is 0.905. The molecule has 6 nitrogen and oxygen atoms in total. The van der Waals surface area contributed by atoms with Crippen LogP contribution < -0.4 is 5.56 Å². The summed E-state index contributed by atoms with van der Waals surface area (Å²) < 4.78 is 1.66. The van der Waals surface area contributed by atoms with Gasteiger partial charge in [-0.15, -0.1) is 0 Å². The fraction of sp³-hybridized carbons (Fsp3) is 0.190. The SMILES string of the molecule is CCCSc1nc(Sc2ccccn2)c2ncc(=O)n(Cc3ccccc3)c2n1. The molecule has 0 fully saturated rings. The fourth-order valence-corrected chi connectivity index (χ4v) is 4.34. The van der Waals surface area contributed by atoms with Crippen molar-refractivity contribution in [2.24, 2.45) is 0 Å². The van der Waals surface area contributed by atoms with E-state index >= 15 is 0 Å². The number of aromatic nitrogens is 5. The molecule has 3 aromatic heterocycles. The van der Waals surface area contributed by atoms with Crippen molar-refractivity contribution >= 4 is 34.7 Å². The summed E-state index contributed by atoms with van der Waals surface area (Å²) in [6.45, 7) is 2.55. The lowest BCUT2D eigenvalue weighted by Crippen LogP contribution is -2.22. The molecule has 0 aliphatic carbocycles. The molecule has 1 aromatic carbocycles. The highest BCUT2D eigenvalue weighted by Crippen LogP contribution is 2.30. The summed E-state index contributed by atoms with van der Waals surface area (Å²) in [7, 11) is 0. The van der Waals surface area contributed by atoms with Crippen LogP contribution >= 0.6 is 23.5 Å². The summed E-state index contributed by atoms with van der Waals surface area (Å²) in [5, 5.41) is 2.17. The summed E-state index contributed by atoms with van der Waals surface area (Å²) >= 11 is 3.01. The van der Waals surface area contributed by atoms with E-state index in [0.29, 0.717) is 27.9 Å². The minimum atomic E-state index is -0.180. The molecule has 0 bridgehead atoms. The van der Waals surface area contributed by atoms with Gasteiger partial charge in [0.25, 0.3) is 5.56 Å². The molecule has 0 aliphatic rings. The third-order valence-corrected chi connectivity index (χ3v) is 6.08. The Kier molecular flexibility index (Phi) is 6.21. The number of hydrogen-bond donors (Lipinski definition) is 0. The van der Waals surface area contributed by atoms with Crippen molar-refractivity contribution in [3.8, 4) is 0 Å². The molecule has 0 radical (unpaired) electrons. The molecule has 0 aliphatic heterocycles. The van der Waals surface area contributed by atoms with Gasteiger partial charge in [0.05, 0.1) is 12.7 Å². The predicted molar refractivity (Wildman–Crippen MR) is 117 cm³/mol. The normalized spacial score (nSPS) is 11.1. The van der Waals surface area contributed by atoms with E-state index in [9.17, 15) is 4.79 Å². The Bertz CT molecular complexity index is 1170. The van der Waals surface area contributed by atoms with E-state index in [1.165, 1.54) is 18.0 Å². The molecule has 4 rings (SSSR count). The third kappa shape index (κ3) is 4.65. The van der Waals surface area contributed by atoms with Gasteiger partial charge in [0.15, 0.2) is 10.8 Å². The van der Waals surface area contributed by atoms with Crippen LogP contribution in [0.5, 0.6) is 0 Å². The van der Waals surface area contributed by atoms with Gasteiger partial charge in [0.2, 0.25) is 0 Å². The van der Waals surface area contributed by atoms with Gasteiger partial charge in [-0.1, -0.05) is 55.1 Å². The van der Waals surface area contributed by atoms with Gasteiger partial charge < -0.3 is 0 Å². The Morgan fingerprint density at radius 2 is 1.83 bits per heavy atom. The zero-order valence-electron chi connectivity index (χ0n) is 15.9. The van der Waals surface area contributed by atoms with Crippen molar-refractivity contribution in [1.29, 1.82) is 0 Å². The summed E-state index contributed by atoms with van der Waals surface area (Å²) in [6.07, 6.45) is 4.10. The average molecular weight is 422 g/mol. The molecule has 0 atom stereocenters. The standard InChI is InChI=1S/C21H19N5OS2/c1-2-12-28-21-24-19-18(20(25-21)29-16-10-6-7-11-22-16)23-13-17(27)26(19)14-15-8-4-3-5-9-15/h3-11,13H,2,12,14H2,1H3. The van der Waals surface area contributed by atoms with Gasteiger partial charge in [-0.3, -0.25) is 9.36 Å². The molecular weight excluding hydrogens is 402 g/mol. The van der Waals surface area contributed by atoms with E-state index in [1.54, 1.807) is 22.5 Å². The quantitative estimate of drug-likeness (QED) is 0.250. The maximum atomic E-state index is 12.6. The molecule has 0 N–H and O–H groups in total. The lowest BCUT2D eigenvalue weighted by Gasteiger charge is -2.12. The van der Waals surface area contributed by atoms with Crippen LogP contribution in [0, 0.1) is 0 Å². The van der Waals surface area contributed by atoms with E-state index in [4.69, 9.17) is 9.97 Å². The highest BCUT2D eigenvalue weighted by atomic mass is 32.2. The minimum Gasteiger partial charge on any atom is -0.285 e. The number of thioether (sulfide) groups is 1. The van der Waals surface area contributed by atoms with Gasteiger partial charge in [-0.2, -0.15) is 0 Å². The van der Waals surface area contributed by atoms with Crippen LogP contribution in [0.4, 0.5) is 0 Å². The van der Waals surface area contributed by atoms with Crippen LogP contribution in [0.3, 0.4) is 0 Å². The number of benzene rings is 1.